The first-order valence-corrected chi connectivity index (χ1v) is 5.13. The number of aromatic nitrogens is 1. The smallest absolute Gasteiger partial charge is 0.119 e. The largest absolute Gasteiger partial charge is 0.397 e. The quantitative estimate of drug-likeness (QED) is 0.621. The fraction of sp³-hybridized carbons (Fsp3) is 0.375. The fourth-order valence-electron chi connectivity index (χ4n) is 0.785. The Morgan fingerprint density at radius 3 is 3.08 bits per heavy atom. The Labute approximate surface area is 86.6 Å². The first kappa shape index (κ1) is 10.6. The molecule has 1 aromatic rings. The number of halogens is 1. The minimum absolute atomic E-state index is 0.564. The molecule has 5 heteroatoms. The Hall–Kier alpha value is -0.450. The van der Waals surface area contributed by atoms with E-state index in [0.29, 0.717) is 17.3 Å². The molecule has 0 aliphatic rings. The molecule has 0 atom stereocenters. The fourth-order valence-corrected chi connectivity index (χ4v) is 1.75. The summed E-state index contributed by atoms with van der Waals surface area (Å²) in [5, 5.41) is 1.37. The predicted octanol–water partition coefficient (Wildman–Crippen LogP) is 2.06. The molecule has 0 unspecified atom stereocenters. The standard InChI is InChI=1S/C8H11ClN2OS/c1-12-2-3-13-8-7(10)4-6(9)5-11-8/h4-5H,2-3,10H2,1H3. The van der Waals surface area contributed by atoms with Gasteiger partial charge in [-0.05, 0) is 6.07 Å². The molecule has 1 rings (SSSR count). The minimum atomic E-state index is 0.564. The molecular formula is C8H11ClN2OS. The highest BCUT2D eigenvalue weighted by Gasteiger charge is 2.01. The highest BCUT2D eigenvalue weighted by molar-refractivity contribution is 7.99. The third kappa shape index (κ3) is 3.42. The number of nitrogens with two attached hydrogens (primary N) is 1. The number of pyridine rings is 1. The number of rotatable bonds is 4. The van der Waals surface area contributed by atoms with Gasteiger partial charge in [-0.25, -0.2) is 4.98 Å². The first-order chi connectivity index (χ1) is 6.24. The molecule has 13 heavy (non-hydrogen) atoms. The van der Waals surface area contributed by atoms with Gasteiger partial charge in [-0.1, -0.05) is 11.6 Å². The molecule has 0 saturated carbocycles. The molecule has 2 N–H and O–H groups in total. The molecule has 72 valence electrons. The van der Waals surface area contributed by atoms with Crippen LogP contribution in [0.4, 0.5) is 5.69 Å². The van der Waals surface area contributed by atoms with E-state index in [1.54, 1.807) is 31.1 Å². The van der Waals surface area contributed by atoms with Gasteiger partial charge in [-0.3, -0.25) is 0 Å². The van der Waals surface area contributed by atoms with Crippen molar-refractivity contribution in [2.75, 3.05) is 25.2 Å². The van der Waals surface area contributed by atoms with Crippen LogP contribution in [0.1, 0.15) is 0 Å². The van der Waals surface area contributed by atoms with Crippen molar-refractivity contribution in [1.82, 2.24) is 4.98 Å². The van der Waals surface area contributed by atoms with Crippen molar-refractivity contribution in [2.24, 2.45) is 0 Å². The maximum absolute atomic E-state index is 5.70. The van der Waals surface area contributed by atoms with Crippen LogP contribution < -0.4 is 5.73 Å². The second-order valence-corrected chi connectivity index (χ2v) is 3.91. The van der Waals surface area contributed by atoms with Crippen LogP contribution in [-0.4, -0.2) is 24.5 Å². The average Bonchev–Trinajstić information content (AvgIpc) is 2.09. The van der Waals surface area contributed by atoms with Gasteiger partial charge < -0.3 is 10.5 Å². The Morgan fingerprint density at radius 1 is 1.69 bits per heavy atom. The summed E-state index contributed by atoms with van der Waals surface area (Å²) in [5.74, 6) is 0.843. The van der Waals surface area contributed by atoms with E-state index in [2.05, 4.69) is 4.98 Å². The van der Waals surface area contributed by atoms with Gasteiger partial charge in [0.2, 0.25) is 0 Å². The molecule has 1 heterocycles. The minimum Gasteiger partial charge on any atom is -0.397 e. The maximum Gasteiger partial charge on any atom is 0.119 e. The molecule has 3 nitrogen and oxygen atoms in total. The van der Waals surface area contributed by atoms with Crippen LogP contribution in [0.25, 0.3) is 0 Å². The van der Waals surface area contributed by atoms with Crippen LogP contribution in [0.15, 0.2) is 17.3 Å². The van der Waals surface area contributed by atoms with E-state index < -0.39 is 0 Å². The van der Waals surface area contributed by atoms with E-state index in [1.165, 1.54) is 0 Å². The number of nitrogens with zero attached hydrogens (tertiary/aromatic N) is 1. The zero-order chi connectivity index (χ0) is 9.68. The van der Waals surface area contributed by atoms with Crippen molar-refractivity contribution < 1.29 is 4.74 Å². The summed E-state index contributed by atoms with van der Waals surface area (Å²) in [6, 6.07) is 1.70. The van der Waals surface area contributed by atoms with Crippen molar-refractivity contribution >= 4 is 29.1 Å². The number of ether oxygens (including phenoxy) is 1. The summed E-state index contributed by atoms with van der Waals surface area (Å²) in [6.07, 6.45) is 1.59. The number of thioether (sulfide) groups is 1. The highest BCUT2D eigenvalue weighted by Crippen LogP contribution is 2.24. The molecule has 0 spiro atoms. The van der Waals surface area contributed by atoms with Crippen molar-refractivity contribution in [2.45, 2.75) is 5.03 Å². The molecule has 0 bridgehead atoms. The Morgan fingerprint density at radius 2 is 2.46 bits per heavy atom. The number of hydrogen-bond donors (Lipinski definition) is 1. The van der Waals surface area contributed by atoms with Gasteiger partial charge in [0.1, 0.15) is 5.03 Å². The van der Waals surface area contributed by atoms with E-state index in [1.807, 2.05) is 0 Å². The topological polar surface area (TPSA) is 48.1 Å². The van der Waals surface area contributed by atoms with Crippen LogP contribution in [0.2, 0.25) is 5.02 Å². The summed E-state index contributed by atoms with van der Waals surface area (Å²) < 4.78 is 4.91. The van der Waals surface area contributed by atoms with Gasteiger partial charge in [-0.2, -0.15) is 0 Å². The van der Waals surface area contributed by atoms with Crippen molar-refractivity contribution in [3.05, 3.63) is 17.3 Å². The van der Waals surface area contributed by atoms with Crippen LogP contribution >= 0.6 is 23.4 Å². The van der Waals surface area contributed by atoms with Crippen molar-refractivity contribution in [3.8, 4) is 0 Å². The Balaban J connectivity index is 2.56. The predicted molar refractivity (Wildman–Crippen MR) is 56.3 cm³/mol. The summed E-state index contributed by atoms with van der Waals surface area (Å²) in [4.78, 5) is 4.10. The van der Waals surface area contributed by atoms with Crippen molar-refractivity contribution in [3.63, 3.8) is 0 Å². The monoisotopic (exact) mass is 218 g/mol. The van der Waals surface area contributed by atoms with Gasteiger partial charge in [0.25, 0.3) is 0 Å². The van der Waals surface area contributed by atoms with E-state index in [9.17, 15) is 0 Å². The summed E-state index contributed by atoms with van der Waals surface area (Å²) >= 11 is 7.26. The lowest BCUT2D eigenvalue weighted by Crippen LogP contribution is -1.95. The molecule has 0 aliphatic carbocycles. The summed E-state index contributed by atoms with van der Waals surface area (Å²) in [7, 11) is 1.67. The van der Waals surface area contributed by atoms with E-state index in [4.69, 9.17) is 22.1 Å². The van der Waals surface area contributed by atoms with Gasteiger partial charge in [0.05, 0.1) is 17.3 Å². The Bertz CT molecular complexity index is 283. The summed E-state index contributed by atoms with van der Waals surface area (Å²) in [5.41, 5.74) is 6.31. The van der Waals surface area contributed by atoms with Crippen LogP contribution in [0, 0.1) is 0 Å². The van der Waals surface area contributed by atoms with Crippen LogP contribution in [-0.2, 0) is 4.74 Å². The normalized spacial score (nSPS) is 10.3. The van der Waals surface area contributed by atoms with Gasteiger partial charge in [0, 0.05) is 19.1 Å². The SMILES string of the molecule is COCCSc1ncc(Cl)cc1N. The molecule has 1 aromatic heterocycles. The van der Waals surface area contributed by atoms with Gasteiger partial charge in [-0.15, -0.1) is 11.8 Å². The maximum atomic E-state index is 5.70. The lowest BCUT2D eigenvalue weighted by Gasteiger charge is -2.03. The van der Waals surface area contributed by atoms with Crippen LogP contribution in [0.3, 0.4) is 0 Å². The average molecular weight is 219 g/mol. The molecular weight excluding hydrogens is 208 g/mol. The lowest BCUT2D eigenvalue weighted by molar-refractivity contribution is 0.218. The second-order valence-electron chi connectivity index (χ2n) is 2.39. The van der Waals surface area contributed by atoms with E-state index >= 15 is 0 Å². The molecule has 0 fully saturated rings. The molecule has 0 aromatic carbocycles. The first-order valence-electron chi connectivity index (χ1n) is 3.77. The zero-order valence-corrected chi connectivity index (χ0v) is 8.86. The summed E-state index contributed by atoms with van der Waals surface area (Å²) in [6.45, 7) is 0.689. The third-order valence-corrected chi connectivity index (χ3v) is 2.56. The number of hydrogen-bond acceptors (Lipinski definition) is 4. The zero-order valence-electron chi connectivity index (χ0n) is 7.29. The molecule has 0 aliphatic heterocycles. The highest BCUT2D eigenvalue weighted by atomic mass is 35.5. The second kappa shape index (κ2) is 5.32. The third-order valence-electron chi connectivity index (χ3n) is 1.37. The van der Waals surface area contributed by atoms with Gasteiger partial charge in [0.15, 0.2) is 0 Å². The Kier molecular flexibility index (Phi) is 4.35. The van der Waals surface area contributed by atoms with E-state index in [0.717, 1.165) is 10.8 Å². The van der Waals surface area contributed by atoms with E-state index in [-0.39, 0.29) is 0 Å². The molecule has 0 radical (unpaired) electrons. The number of methoxy groups -OCH3 is 1. The molecule has 0 amide bonds. The van der Waals surface area contributed by atoms with Gasteiger partial charge >= 0.3 is 0 Å². The lowest BCUT2D eigenvalue weighted by atomic mass is 10.4. The molecule has 0 saturated heterocycles. The van der Waals surface area contributed by atoms with Crippen molar-refractivity contribution in [1.29, 1.82) is 0 Å². The van der Waals surface area contributed by atoms with Crippen LogP contribution in [0.5, 0.6) is 0 Å². The number of nitrogen functional groups attached to an aromatic ring is 1. The number of anilines is 1.